The van der Waals surface area contributed by atoms with Crippen molar-refractivity contribution in [2.75, 3.05) is 13.1 Å². The molecular weight excluding hydrogens is 194 g/mol. The zero-order chi connectivity index (χ0) is 11.6. The number of hydrogen-bond donors (Lipinski definition) is 0. The van der Waals surface area contributed by atoms with E-state index in [1.165, 1.54) is 37.9 Å². The summed E-state index contributed by atoms with van der Waals surface area (Å²) in [6.45, 7) is 9.90. The minimum absolute atomic E-state index is 1.09. The third kappa shape index (κ3) is 5.11. The molecule has 0 spiro atoms. The Morgan fingerprint density at radius 3 is 2.75 bits per heavy atom. The van der Waals surface area contributed by atoms with Gasteiger partial charge in [-0.1, -0.05) is 18.2 Å². The Labute approximate surface area is 99.9 Å². The van der Waals surface area contributed by atoms with Gasteiger partial charge in [0.05, 0.1) is 0 Å². The van der Waals surface area contributed by atoms with Crippen molar-refractivity contribution >= 4 is 6.21 Å². The number of rotatable bonds is 8. The molecular formula is C15H24N+. The van der Waals surface area contributed by atoms with Crippen molar-refractivity contribution in [3.63, 3.8) is 0 Å². The summed E-state index contributed by atoms with van der Waals surface area (Å²) < 4.78 is 2.46. The molecule has 0 N–H and O–H groups in total. The van der Waals surface area contributed by atoms with Crippen LogP contribution < -0.4 is 0 Å². The van der Waals surface area contributed by atoms with Crippen LogP contribution in [0.5, 0.6) is 0 Å². The first kappa shape index (κ1) is 13.0. The molecule has 0 saturated carbocycles. The fourth-order valence-corrected chi connectivity index (χ4v) is 1.98. The van der Waals surface area contributed by atoms with Crippen LogP contribution >= 0.6 is 0 Å². The molecule has 0 unspecified atom stereocenters. The second kappa shape index (κ2) is 8.09. The van der Waals surface area contributed by atoms with E-state index in [1.54, 1.807) is 0 Å². The van der Waals surface area contributed by atoms with Crippen molar-refractivity contribution in [3.05, 3.63) is 37.0 Å². The van der Waals surface area contributed by atoms with Crippen LogP contribution in [0, 0.1) is 0 Å². The number of hydrogen-bond acceptors (Lipinski definition) is 0. The maximum Gasteiger partial charge on any atom is 0.166 e. The lowest BCUT2D eigenvalue weighted by molar-refractivity contribution is -0.524. The Hall–Kier alpha value is -1.11. The van der Waals surface area contributed by atoms with Gasteiger partial charge in [0.15, 0.2) is 6.21 Å². The minimum atomic E-state index is 1.09. The lowest BCUT2D eigenvalue weighted by Gasteiger charge is -2.09. The third-order valence-corrected chi connectivity index (χ3v) is 2.91. The topological polar surface area (TPSA) is 3.01 Å². The highest BCUT2D eigenvalue weighted by atomic mass is 15.0. The molecule has 0 aromatic carbocycles. The first-order valence-corrected chi connectivity index (χ1v) is 6.36. The van der Waals surface area contributed by atoms with Crippen molar-refractivity contribution in [1.29, 1.82) is 0 Å². The van der Waals surface area contributed by atoms with E-state index in [4.69, 9.17) is 0 Å². The van der Waals surface area contributed by atoms with Gasteiger partial charge in [0.2, 0.25) is 0 Å². The molecule has 1 aliphatic heterocycles. The van der Waals surface area contributed by atoms with Crippen LogP contribution in [0.25, 0.3) is 0 Å². The van der Waals surface area contributed by atoms with Gasteiger partial charge in [0.25, 0.3) is 0 Å². The van der Waals surface area contributed by atoms with Gasteiger partial charge in [-0.05, 0) is 25.7 Å². The van der Waals surface area contributed by atoms with Crippen molar-refractivity contribution in [1.82, 2.24) is 0 Å². The van der Waals surface area contributed by atoms with E-state index in [2.05, 4.69) is 30.0 Å². The van der Waals surface area contributed by atoms with Gasteiger partial charge in [-0.15, -0.1) is 13.2 Å². The molecule has 0 aromatic rings. The van der Waals surface area contributed by atoms with Gasteiger partial charge in [-0.3, -0.25) is 0 Å². The fraction of sp³-hybridized carbons (Fsp3) is 0.533. The largest absolute Gasteiger partial charge is 0.235 e. The third-order valence-electron chi connectivity index (χ3n) is 2.91. The van der Waals surface area contributed by atoms with E-state index in [0.29, 0.717) is 0 Å². The molecule has 0 fully saturated rings. The van der Waals surface area contributed by atoms with Gasteiger partial charge >= 0.3 is 0 Å². The maximum atomic E-state index is 3.77. The predicted molar refractivity (Wildman–Crippen MR) is 72.2 cm³/mol. The number of allylic oxidation sites excluding steroid dienone is 3. The predicted octanol–water partition coefficient (Wildman–Crippen LogP) is 3.72. The van der Waals surface area contributed by atoms with E-state index >= 15 is 0 Å². The molecule has 0 aromatic heterocycles. The average Bonchev–Trinajstić information content (AvgIpc) is 2.33. The molecule has 0 radical (unpaired) electrons. The van der Waals surface area contributed by atoms with Crippen molar-refractivity contribution in [3.8, 4) is 0 Å². The van der Waals surface area contributed by atoms with Crippen LogP contribution in [0.4, 0.5) is 0 Å². The zero-order valence-electron chi connectivity index (χ0n) is 10.3. The Bertz CT molecular complexity index is 284. The summed E-state index contributed by atoms with van der Waals surface area (Å²) in [5.74, 6) is 0. The Morgan fingerprint density at radius 1 is 1.19 bits per heavy atom. The molecule has 1 nitrogen and oxygen atoms in total. The molecule has 0 amide bonds. The molecule has 1 heterocycles. The summed E-state index contributed by atoms with van der Waals surface area (Å²) in [6, 6.07) is 0. The van der Waals surface area contributed by atoms with E-state index in [0.717, 1.165) is 19.3 Å². The Morgan fingerprint density at radius 2 is 2.00 bits per heavy atom. The number of nitrogens with zero attached hydrogens (tertiary/aromatic N) is 1. The van der Waals surface area contributed by atoms with Crippen molar-refractivity contribution in [2.45, 2.75) is 38.5 Å². The summed E-state index contributed by atoms with van der Waals surface area (Å²) in [5.41, 5.74) is 1.48. The lowest BCUT2D eigenvalue weighted by Crippen LogP contribution is -2.20. The summed E-state index contributed by atoms with van der Waals surface area (Å²) in [5, 5.41) is 0. The maximum absolute atomic E-state index is 3.77. The lowest BCUT2D eigenvalue weighted by atomic mass is 10.1. The van der Waals surface area contributed by atoms with Crippen LogP contribution in [-0.2, 0) is 0 Å². The Kier molecular flexibility index (Phi) is 6.55. The normalized spacial score (nSPS) is 15.2. The highest BCUT2D eigenvalue weighted by Gasteiger charge is 2.10. The summed E-state index contributed by atoms with van der Waals surface area (Å²) in [7, 11) is 0. The molecule has 88 valence electrons. The smallest absolute Gasteiger partial charge is 0.166 e. The van der Waals surface area contributed by atoms with E-state index in [-0.39, 0.29) is 0 Å². The molecule has 0 saturated heterocycles. The summed E-state index contributed by atoms with van der Waals surface area (Å²) in [4.78, 5) is 0. The van der Waals surface area contributed by atoms with Gasteiger partial charge in [0.1, 0.15) is 13.1 Å². The van der Waals surface area contributed by atoms with Gasteiger partial charge in [-0.25, -0.2) is 4.58 Å². The first-order valence-electron chi connectivity index (χ1n) is 6.36. The van der Waals surface area contributed by atoms with Crippen LogP contribution in [0.2, 0.25) is 0 Å². The Balaban J connectivity index is 2.30. The van der Waals surface area contributed by atoms with Gasteiger partial charge in [0, 0.05) is 18.4 Å². The monoisotopic (exact) mass is 218 g/mol. The zero-order valence-corrected chi connectivity index (χ0v) is 10.3. The van der Waals surface area contributed by atoms with E-state index in [9.17, 15) is 0 Å². The molecule has 1 heteroatoms. The van der Waals surface area contributed by atoms with Crippen LogP contribution in [0.3, 0.4) is 0 Å². The minimum Gasteiger partial charge on any atom is -0.235 e. The molecule has 1 aliphatic rings. The van der Waals surface area contributed by atoms with E-state index in [1.807, 2.05) is 12.2 Å². The van der Waals surface area contributed by atoms with Crippen molar-refractivity contribution < 1.29 is 4.58 Å². The standard InChI is InChI=1S/C15H24N/c1-3-5-7-8-12-16-13-9-11-15(14-16)10-6-4-2/h3-4,11,14H,1-2,5-10,12-13H2/q+1. The highest BCUT2D eigenvalue weighted by Crippen LogP contribution is 2.09. The average molecular weight is 218 g/mol. The molecule has 16 heavy (non-hydrogen) atoms. The van der Waals surface area contributed by atoms with Crippen LogP contribution in [-0.4, -0.2) is 23.9 Å². The second-order valence-electron chi connectivity index (χ2n) is 4.34. The quantitative estimate of drug-likeness (QED) is 0.332. The summed E-state index contributed by atoms with van der Waals surface area (Å²) in [6.07, 6.45) is 15.8. The van der Waals surface area contributed by atoms with E-state index < -0.39 is 0 Å². The highest BCUT2D eigenvalue weighted by molar-refractivity contribution is 5.74. The molecule has 0 aliphatic carbocycles. The molecule has 0 atom stereocenters. The summed E-state index contributed by atoms with van der Waals surface area (Å²) >= 11 is 0. The molecule has 1 rings (SSSR count). The fourth-order valence-electron chi connectivity index (χ4n) is 1.98. The van der Waals surface area contributed by atoms with Gasteiger partial charge in [-0.2, -0.15) is 0 Å². The van der Waals surface area contributed by atoms with Crippen LogP contribution in [0.1, 0.15) is 38.5 Å². The first-order chi connectivity index (χ1) is 7.86. The van der Waals surface area contributed by atoms with Gasteiger partial charge < -0.3 is 0 Å². The van der Waals surface area contributed by atoms with Crippen LogP contribution in [0.15, 0.2) is 37.0 Å². The second-order valence-corrected chi connectivity index (χ2v) is 4.34. The number of unbranched alkanes of at least 4 members (excludes halogenated alkanes) is 2. The van der Waals surface area contributed by atoms with Crippen molar-refractivity contribution in [2.24, 2.45) is 0 Å². The molecule has 0 bridgehead atoms. The SMILES string of the molecule is C=CCCCC[N+]1=CC(CCC=C)=CCC1.